The Bertz CT molecular complexity index is 1090. The van der Waals surface area contributed by atoms with Crippen LogP contribution in [0.3, 0.4) is 0 Å². The summed E-state index contributed by atoms with van der Waals surface area (Å²) in [4.78, 5) is 23.8. The molecule has 0 aromatic heterocycles. The van der Waals surface area contributed by atoms with Crippen LogP contribution in [0.2, 0.25) is 5.02 Å². The molecule has 0 radical (unpaired) electrons. The Morgan fingerprint density at radius 1 is 1.07 bits per heavy atom. The summed E-state index contributed by atoms with van der Waals surface area (Å²) in [6.07, 6.45) is 0. The number of nitro benzene ring substituents is 1. The summed E-state index contributed by atoms with van der Waals surface area (Å²) < 4.78 is 53.2. The molecule has 1 amide bonds. The van der Waals surface area contributed by atoms with E-state index in [4.69, 9.17) is 11.6 Å². The van der Waals surface area contributed by atoms with Crippen molar-refractivity contribution in [3.63, 3.8) is 0 Å². The molecule has 12 heteroatoms. The highest BCUT2D eigenvalue weighted by molar-refractivity contribution is 7.89. The van der Waals surface area contributed by atoms with Crippen LogP contribution in [0.4, 0.5) is 14.5 Å². The zero-order chi connectivity index (χ0) is 21.3. The fourth-order valence-corrected chi connectivity index (χ4v) is 4.59. The number of benzene rings is 2. The number of halogens is 3. The fourth-order valence-electron chi connectivity index (χ4n) is 2.89. The van der Waals surface area contributed by atoms with Crippen molar-refractivity contribution in [2.45, 2.75) is 4.90 Å². The van der Waals surface area contributed by atoms with Gasteiger partial charge in [0.05, 0.1) is 20.4 Å². The zero-order valence-electron chi connectivity index (χ0n) is 14.7. The standard InChI is InChI=1S/C17H14ClF2N3O5S/c18-14-10-16(20)15(19)9-13(14)17(24)21-4-6-22(7-5-21)29(27,28)12-3-1-2-11(8-12)23(25)26/h1-3,8-10H,4-7H2. The van der Waals surface area contributed by atoms with Crippen molar-refractivity contribution >= 4 is 33.2 Å². The lowest BCUT2D eigenvalue weighted by Crippen LogP contribution is -2.50. The van der Waals surface area contributed by atoms with Gasteiger partial charge in [-0.3, -0.25) is 14.9 Å². The van der Waals surface area contributed by atoms with Gasteiger partial charge in [0, 0.05) is 38.3 Å². The summed E-state index contributed by atoms with van der Waals surface area (Å²) in [5.41, 5.74) is -0.576. The summed E-state index contributed by atoms with van der Waals surface area (Å²) in [7, 11) is -4.00. The Morgan fingerprint density at radius 3 is 2.31 bits per heavy atom. The molecule has 0 atom stereocenters. The first-order valence-electron chi connectivity index (χ1n) is 8.29. The Labute approximate surface area is 169 Å². The first-order valence-corrected chi connectivity index (χ1v) is 10.1. The van der Waals surface area contributed by atoms with Crippen LogP contribution in [0, 0.1) is 21.7 Å². The van der Waals surface area contributed by atoms with E-state index < -0.39 is 32.5 Å². The maximum absolute atomic E-state index is 13.4. The maximum atomic E-state index is 13.4. The van der Waals surface area contributed by atoms with Crippen LogP contribution >= 0.6 is 11.6 Å². The number of nitro groups is 1. The summed E-state index contributed by atoms with van der Waals surface area (Å²) >= 11 is 5.82. The summed E-state index contributed by atoms with van der Waals surface area (Å²) in [6.45, 7) is -0.166. The number of carbonyl (C=O) groups excluding carboxylic acids is 1. The highest BCUT2D eigenvalue weighted by Crippen LogP contribution is 2.24. The lowest BCUT2D eigenvalue weighted by molar-refractivity contribution is -0.385. The lowest BCUT2D eigenvalue weighted by Gasteiger charge is -2.34. The van der Waals surface area contributed by atoms with Crippen molar-refractivity contribution in [1.29, 1.82) is 0 Å². The number of amides is 1. The molecule has 8 nitrogen and oxygen atoms in total. The third-order valence-corrected chi connectivity index (χ3v) is 6.64. The zero-order valence-corrected chi connectivity index (χ0v) is 16.3. The van der Waals surface area contributed by atoms with E-state index in [0.717, 1.165) is 10.4 Å². The monoisotopic (exact) mass is 445 g/mol. The van der Waals surface area contributed by atoms with Crippen LogP contribution in [0.15, 0.2) is 41.3 Å². The first-order chi connectivity index (χ1) is 13.6. The van der Waals surface area contributed by atoms with Crippen molar-refractivity contribution in [2.75, 3.05) is 26.2 Å². The lowest BCUT2D eigenvalue weighted by atomic mass is 10.1. The molecule has 0 saturated carbocycles. The number of hydrogen-bond acceptors (Lipinski definition) is 5. The Hall–Kier alpha value is -2.63. The first kappa shape index (κ1) is 21.1. The van der Waals surface area contributed by atoms with E-state index in [1.54, 1.807) is 0 Å². The predicted octanol–water partition coefficient (Wildman–Crippen LogP) is 2.67. The third kappa shape index (κ3) is 4.21. The number of nitrogens with zero attached hydrogens (tertiary/aromatic N) is 3. The number of hydrogen-bond donors (Lipinski definition) is 0. The molecule has 1 aliphatic rings. The Morgan fingerprint density at radius 2 is 1.69 bits per heavy atom. The molecule has 154 valence electrons. The quantitative estimate of drug-likeness (QED) is 0.409. The molecule has 0 unspecified atom stereocenters. The van der Waals surface area contributed by atoms with Crippen LogP contribution in [0.1, 0.15) is 10.4 Å². The summed E-state index contributed by atoms with van der Waals surface area (Å²) in [5, 5.41) is 10.6. The molecular formula is C17H14ClF2N3O5S. The number of sulfonamides is 1. The second-order valence-corrected chi connectivity index (χ2v) is 8.54. The minimum atomic E-state index is -4.00. The molecule has 3 rings (SSSR count). The molecule has 2 aromatic rings. The van der Waals surface area contributed by atoms with E-state index >= 15 is 0 Å². The van der Waals surface area contributed by atoms with E-state index in [-0.39, 0.29) is 47.3 Å². The van der Waals surface area contributed by atoms with Crippen molar-refractivity contribution in [1.82, 2.24) is 9.21 Å². The SMILES string of the molecule is O=C(c1cc(F)c(F)cc1Cl)N1CCN(S(=O)(=O)c2cccc([N+](=O)[O-])c2)CC1. The van der Waals surface area contributed by atoms with E-state index in [1.807, 2.05) is 0 Å². The summed E-state index contributed by atoms with van der Waals surface area (Å²) in [6, 6.07) is 6.07. The van der Waals surface area contributed by atoms with Gasteiger partial charge < -0.3 is 4.90 Å². The van der Waals surface area contributed by atoms with Gasteiger partial charge in [0.25, 0.3) is 11.6 Å². The molecular weight excluding hydrogens is 432 g/mol. The topological polar surface area (TPSA) is 101 Å². The summed E-state index contributed by atoms with van der Waals surface area (Å²) in [5.74, 6) is -3.05. The van der Waals surface area contributed by atoms with Crippen molar-refractivity contribution in [3.8, 4) is 0 Å². The smallest absolute Gasteiger partial charge is 0.270 e. The molecule has 29 heavy (non-hydrogen) atoms. The van der Waals surface area contributed by atoms with Gasteiger partial charge in [0.2, 0.25) is 10.0 Å². The molecule has 1 heterocycles. The number of carbonyl (C=O) groups is 1. The van der Waals surface area contributed by atoms with Crippen LogP contribution in [0.5, 0.6) is 0 Å². The number of rotatable bonds is 4. The molecule has 1 fully saturated rings. The molecule has 1 aliphatic heterocycles. The van der Waals surface area contributed by atoms with E-state index in [1.165, 1.54) is 23.1 Å². The molecule has 2 aromatic carbocycles. The highest BCUT2D eigenvalue weighted by atomic mass is 35.5. The largest absolute Gasteiger partial charge is 0.336 e. The Balaban J connectivity index is 1.75. The molecule has 1 saturated heterocycles. The van der Waals surface area contributed by atoms with Crippen LogP contribution < -0.4 is 0 Å². The van der Waals surface area contributed by atoms with Gasteiger partial charge >= 0.3 is 0 Å². The maximum Gasteiger partial charge on any atom is 0.270 e. The molecule has 0 aliphatic carbocycles. The average molecular weight is 446 g/mol. The predicted molar refractivity (Wildman–Crippen MR) is 99.1 cm³/mol. The molecule has 0 N–H and O–H groups in total. The van der Waals surface area contributed by atoms with E-state index in [9.17, 15) is 32.1 Å². The minimum absolute atomic E-state index is 0.0116. The second kappa shape index (κ2) is 8.01. The van der Waals surface area contributed by atoms with Gasteiger partial charge in [-0.25, -0.2) is 17.2 Å². The molecule has 0 spiro atoms. The van der Waals surface area contributed by atoms with Gasteiger partial charge in [-0.2, -0.15) is 4.31 Å². The van der Waals surface area contributed by atoms with Crippen LogP contribution in [-0.2, 0) is 10.0 Å². The van der Waals surface area contributed by atoms with Crippen molar-refractivity contribution in [2.24, 2.45) is 0 Å². The number of piperazine rings is 1. The Kier molecular flexibility index (Phi) is 5.82. The van der Waals surface area contributed by atoms with E-state index in [2.05, 4.69) is 0 Å². The highest BCUT2D eigenvalue weighted by Gasteiger charge is 2.32. The van der Waals surface area contributed by atoms with Crippen LogP contribution in [-0.4, -0.2) is 54.6 Å². The van der Waals surface area contributed by atoms with E-state index in [0.29, 0.717) is 12.1 Å². The van der Waals surface area contributed by atoms with Crippen molar-refractivity contribution < 1.29 is 26.9 Å². The molecule has 0 bridgehead atoms. The van der Waals surface area contributed by atoms with Gasteiger partial charge in [0.15, 0.2) is 11.6 Å². The van der Waals surface area contributed by atoms with Gasteiger partial charge in [-0.05, 0) is 18.2 Å². The second-order valence-electron chi connectivity index (χ2n) is 6.20. The van der Waals surface area contributed by atoms with Gasteiger partial charge in [-0.15, -0.1) is 0 Å². The van der Waals surface area contributed by atoms with Gasteiger partial charge in [0.1, 0.15) is 0 Å². The fraction of sp³-hybridized carbons (Fsp3) is 0.235. The van der Waals surface area contributed by atoms with Gasteiger partial charge in [-0.1, -0.05) is 17.7 Å². The van der Waals surface area contributed by atoms with Crippen LogP contribution in [0.25, 0.3) is 0 Å². The average Bonchev–Trinajstić information content (AvgIpc) is 2.70. The third-order valence-electron chi connectivity index (χ3n) is 4.43. The van der Waals surface area contributed by atoms with Crippen molar-refractivity contribution in [3.05, 3.63) is 68.7 Å². The minimum Gasteiger partial charge on any atom is -0.336 e. The normalized spacial score (nSPS) is 15.3. The number of non-ortho nitro benzene ring substituents is 1.